The molecule has 0 saturated heterocycles. The van der Waals surface area contributed by atoms with E-state index in [9.17, 15) is 0 Å². The minimum atomic E-state index is 0.427. The topological polar surface area (TPSA) is 49.4 Å². The molecule has 0 spiro atoms. The van der Waals surface area contributed by atoms with Crippen LogP contribution in [0.5, 0.6) is 0 Å². The van der Waals surface area contributed by atoms with Crippen molar-refractivity contribution in [1.82, 2.24) is 0 Å². The molecule has 362 valence electrons. The predicted octanol–water partition coefficient (Wildman–Crippen LogP) is 17.0. The van der Waals surface area contributed by atoms with E-state index in [1.54, 1.807) is 0 Å². The van der Waals surface area contributed by atoms with Gasteiger partial charge in [0.2, 0.25) is 0 Å². The second-order valence-corrected chi connectivity index (χ2v) is 23.1. The van der Waals surface area contributed by atoms with Crippen molar-refractivity contribution in [1.29, 1.82) is 0 Å². The van der Waals surface area contributed by atoms with Gasteiger partial charge in [0.05, 0.1) is 0 Å². The number of hydrogen-bond donors (Lipinski definition) is 0. The molecule has 6 aromatic carbocycles. The molecule has 0 fully saturated rings. The SMILES string of the molecule is CC(C)c1cccc(C(C)C)c1N=Cc1cccc(C=Nc2c(C(C)C)cccc2C(C)C)[c]1[Ge].CC(C)c1cccc(C(C)C)c1N=Cc1cccc(C=Nc2c(C(C)C)cccc2C(C)C)[c]1[Ge]. The van der Waals surface area contributed by atoms with Crippen molar-refractivity contribution >= 4 is 89.4 Å². The van der Waals surface area contributed by atoms with Crippen molar-refractivity contribution in [3.63, 3.8) is 0 Å². The van der Waals surface area contributed by atoms with Crippen molar-refractivity contribution in [2.75, 3.05) is 0 Å². The Labute approximate surface area is 440 Å². The van der Waals surface area contributed by atoms with Gasteiger partial charge in [0.15, 0.2) is 0 Å². The van der Waals surface area contributed by atoms with Crippen LogP contribution in [0.3, 0.4) is 0 Å². The number of nitrogens with zero attached hydrogens (tertiary/aromatic N) is 4. The Kier molecular flexibility index (Phi) is 20.8. The molecule has 0 aromatic heterocycles. The van der Waals surface area contributed by atoms with E-state index < -0.39 is 0 Å². The molecule has 0 bridgehead atoms. The number of rotatable bonds is 16. The molecule has 6 heteroatoms. The summed E-state index contributed by atoms with van der Waals surface area (Å²) in [6, 6.07) is 39.1. The van der Waals surface area contributed by atoms with E-state index in [1.165, 1.54) is 53.3 Å². The summed E-state index contributed by atoms with van der Waals surface area (Å²) in [6.45, 7) is 35.8. The fraction of sp³-hybridized carbons (Fsp3) is 0.375. The molecular formula is C64H78Ge2N4. The van der Waals surface area contributed by atoms with E-state index >= 15 is 0 Å². The Hall–Kier alpha value is -4.91. The van der Waals surface area contributed by atoms with Crippen molar-refractivity contribution in [2.45, 2.75) is 158 Å². The molecule has 0 aliphatic carbocycles. The van der Waals surface area contributed by atoms with Gasteiger partial charge in [-0.2, -0.15) is 0 Å². The van der Waals surface area contributed by atoms with Crippen LogP contribution in [0, 0.1) is 0 Å². The molecule has 4 nitrogen and oxygen atoms in total. The first-order chi connectivity index (χ1) is 33.2. The Morgan fingerprint density at radius 3 is 0.543 bits per heavy atom. The second kappa shape index (κ2) is 26.0. The van der Waals surface area contributed by atoms with Crippen LogP contribution in [-0.4, -0.2) is 57.9 Å². The van der Waals surface area contributed by atoms with Gasteiger partial charge in [-0.25, -0.2) is 0 Å². The van der Waals surface area contributed by atoms with E-state index in [1.807, 2.05) is 24.9 Å². The average Bonchev–Trinajstić information content (AvgIpc) is 3.31. The molecule has 0 amide bonds. The first-order valence-electron chi connectivity index (χ1n) is 25.6. The summed E-state index contributed by atoms with van der Waals surface area (Å²) in [5, 5.41) is 0. The number of para-hydroxylation sites is 4. The van der Waals surface area contributed by atoms with E-state index in [2.05, 4.69) is 253 Å². The number of hydrogen-bond acceptors (Lipinski definition) is 4. The minimum absolute atomic E-state index is 0.427. The van der Waals surface area contributed by atoms with Crippen molar-refractivity contribution < 1.29 is 0 Å². The molecule has 6 radical (unpaired) electrons. The van der Waals surface area contributed by atoms with Crippen LogP contribution in [0.25, 0.3) is 0 Å². The van der Waals surface area contributed by atoms with Gasteiger partial charge in [0.25, 0.3) is 0 Å². The van der Waals surface area contributed by atoms with Crippen molar-refractivity contribution in [2.24, 2.45) is 20.0 Å². The summed E-state index contributed by atoms with van der Waals surface area (Å²) in [7, 11) is 0. The second-order valence-electron chi connectivity index (χ2n) is 21.0. The Bertz CT molecular complexity index is 2340. The van der Waals surface area contributed by atoms with E-state index in [4.69, 9.17) is 20.0 Å². The van der Waals surface area contributed by atoms with Gasteiger partial charge < -0.3 is 0 Å². The third-order valence-corrected chi connectivity index (χ3v) is 15.4. The van der Waals surface area contributed by atoms with E-state index in [-0.39, 0.29) is 0 Å². The van der Waals surface area contributed by atoms with Crippen LogP contribution < -0.4 is 8.79 Å². The normalized spacial score (nSPS) is 12.4. The molecule has 0 atom stereocenters. The van der Waals surface area contributed by atoms with Crippen LogP contribution in [-0.2, 0) is 0 Å². The summed E-state index contributed by atoms with van der Waals surface area (Å²) in [5.41, 5.74) is 19.4. The van der Waals surface area contributed by atoms with E-state index in [0.717, 1.165) is 45.0 Å². The van der Waals surface area contributed by atoms with Crippen molar-refractivity contribution in [3.8, 4) is 0 Å². The van der Waals surface area contributed by atoms with Crippen LogP contribution in [0.2, 0.25) is 0 Å². The van der Waals surface area contributed by atoms with Crippen LogP contribution >= 0.6 is 0 Å². The monoisotopic (exact) mass is 1050 g/mol. The third-order valence-electron chi connectivity index (χ3n) is 13.0. The molecule has 0 aliphatic heterocycles. The Balaban J connectivity index is 0.000000261. The van der Waals surface area contributed by atoms with Gasteiger partial charge in [-0.15, -0.1) is 0 Å². The standard InChI is InChI=1S/2C32H39GeN2/c2*1-20(2)26-14-10-15-27(21(3)4)31(26)34-18-24-12-9-13-25(30(24)33)19-35-32-28(22(5)6)16-11-17-29(32)23(7)8/h2*9-23H,1-8H3. The molecule has 70 heavy (non-hydrogen) atoms. The van der Waals surface area contributed by atoms with Gasteiger partial charge in [-0.3, -0.25) is 0 Å². The summed E-state index contributed by atoms with van der Waals surface area (Å²) in [4.78, 5) is 20.2. The summed E-state index contributed by atoms with van der Waals surface area (Å²) < 4.78 is 2.39. The first kappa shape index (κ1) is 56.0. The molecule has 0 unspecified atom stereocenters. The molecule has 0 N–H and O–H groups in total. The number of aliphatic imine (C=N–C) groups is 4. The summed E-state index contributed by atoms with van der Waals surface area (Å²) in [6.07, 6.45) is 8.12. The summed E-state index contributed by atoms with van der Waals surface area (Å²) in [5.74, 6) is 3.42. The molecule has 0 heterocycles. The zero-order valence-corrected chi connectivity index (χ0v) is 49.3. The third kappa shape index (κ3) is 14.2. The Morgan fingerprint density at radius 2 is 0.400 bits per heavy atom. The molecular weight excluding hydrogens is 970 g/mol. The zero-order chi connectivity index (χ0) is 51.4. The molecule has 0 aliphatic rings. The van der Waals surface area contributed by atoms with Gasteiger partial charge in [-0.05, 0) is 0 Å². The average molecular weight is 1050 g/mol. The summed E-state index contributed by atoms with van der Waals surface area (Å²) >= 11 is 4.33. The molecule has 6 aromatic rings. The predicted molar refractivity (Wildman–Crippen MR) is 311 cm³/mol. The van der Waals surface area contributed by atoms with E-state index in [0.29, 0.717) is 47.3 Å². The maximum absolute atomic E-state index is 5.04. The maximum atomic E-state index is 5.04. The van der Waals surface area contributed by atoms with Gasteiger partial charge in [0.1, 0.15) is 0 Å². The number of benzene rings is 6. The van der Waals surface area contributed by atoms with Crippen LogP contribution in [0.15, 0.2) is 129 Å². The quantitative estimate of drug-likeness (QED) is 0.0685. The molecule has 0 saturated carbocycles. The Morgan fingerprint density at radius 1 is 0.257 bits per heavy atom. The zero-order valence-electron chi connectivity index (χ0n) is 45.1. The van der Waals surface area contributed by atoms with Crippen molar-refractivity contribution in [3.05, 3.63) is 176 Å². The fourth-order valence-corrected chi connectivity index (χ4v) is 10.0. The van der Waals surface area contributed by atoms with Gasteiger partial charge in [0, 0.05) is 0 Å². The van der Waals surface area contributed by atoms with Crippen LogP contribution in [0.1, 0.15) is 225 Å². The molecule has 6 rings (SSSR count). The first-order valence-corrected chi connectivity index (χ1v) is 27.7. The van der Waals surface area contributed by atoms with Gasteiger partial charge in [-0.1, -0.05) is 0 Å². The van der Waals surface area contributed by atoms with Crippen LogP contribution in [0.4, 0.5) is 22.7 Å². The van der Waals surface area contributed by atoms with Gasteiger partial charge >= 0.3 is 443 Å². The fourth-order valence-electron chi connectivity index (χ4n) is 8.79.